The Morgan fingerprint density at radius 2 is 1.70 bits per heavy atom. The average Bonchev–Trinajstić information content (AvgIpc) is 2.68. The van der Waals surface area contributed by atoms with Crippen molar-refractivity contribution in [1.82, 2.24) is 4.31 Å². The molecule has 0 N–H and O–H groups in total. The highest BCUT2D eigenvalue weighted by Crippen LogP contribution is 2.42. The van der Waals surface area contributed by atoms with E-state index in [0.717, 1.165) is 19.3 Å². The van der Waals surface area contributed by atoms with Gasteiger partial charge in [-0.1, -0.05) is 6.08 Å². The van der Waals surface area contributed by atoms with Crippen molar-refractivity contribution < 1.29 is 17.7 Å². The summed E-state index contributed by atoms with van der Waals surface area (Å²) in [5.74, 6) is 0.468. The van der Waals surface area contributed by atoms with Crippen LogP contribution in [0.5, 0.6) is 0 Å². The summed E-state index contributed by atoms with van der Waals surface area (Å²) >= 11 is 0. The maximum Gasteiger partial charge on any atom is 0.461 e. The first-order valence-electron chi connectivity index (χ1n) is 8.53. The molecule has 0 bridgehead atoms. The Morgan fingerprint density at radius 3 is 2.17 bits per heavy atom. The van der Waals surface area contributed by atoms with Gasteiger partial charge in [0.15, 0.2) is 0 Å². The molecule has 2 rings (SSSR count). The second-order valence-corrected chi connectivity index (χ2v) is 9.70. The molecular weight excluding hydrogens is 313 g/mol. The number of allylic oxidation sites excluding steroid dienone is 1. The van der Waals surface area contributed by atoms with E-state index in [1.807, 2.05) is 27.7 Å². The lowest BCUT2D eigenvalue weighted by atomic mass is 9.67. The number of sulfonamides is 1. The molecule has 2 fully saturated rings. The van der Waals surface area contributed by atoms with Crippen molar-refractivity contribution in [3.63, 3.8) is 0 Å². The Hall–Kier alpha value is -0.365. The van der Waals surface area contributed by atoms with E-state index in [1.165, 1.54) is 0 Å². The van der Waals surface area contributed by atoms with E-state index in [1.54, 1.807) is 10.4 Å². The molecule has 0 unspecified atom stereocenters. The summed E-state index contributed by atoms with van der Waals surface area (Å²) < 4.78 is 38.5. The SMILES string of the molecule is C=CCCCS(=O)(=O)N1CCC(B2OC(C)(C)C(C)(C)O2)CC1. The largest absolute Gasteiger partial charge is 0.461 e. The quantitative estimate of drug-likeness (QED) is 0.423. The van der Waals surface area contributed by atoms with Gasteiger partial charge in [-0.25, -0.2) is 12.7 Å². The summed E-state index contributed by atoms with van der Waals surface area (Å²) in [6, 6.07) is 0. The van der Waals surface area contributed by atoms with Crippen LogP contribution in [-0.4, -0.2) is 49.9 Å². The van der Waals surface area contributed by atoms with E-state index in [9.17, 15) is 8.42 Å². The standard InChI is InChI=1S/C16H30BNO4S/c1-6-7-8-13-23(19,20)18-11-9-14(10-12-18)17-21-15(2,3)16(4,5)22-17/h6,14H,1,7-13H2,2-5H3. The van der Waals surface area contributed by atoms with Crippen LogP contribution in [0.3, 0.4) is 0 Å². The van der Waals surface area contributed by atoms with Gasteiger partial charge in [0, 0.05) is 13.1 Å². The van der Waals surface area contributed by atoms with Crippen molar-refractivity contribution in [3.8, 4) is 0 Å². The zero-order valence-electron chi connectivity index (χ0n) is 14.9. The Morgan fingerprint density at radius 1 is 1.17 bits per heavy atom. The summed E-state index contributed by atoms with van der Waals surface area (Å²) in [6.07, 6.45) is 4.72. The van der Waals surface area contributed by atoms with Crippen molar-refractivity contribution in [2.75, 3.05) is 18.8 Å². The minimum absolute atomic E-state index is 0.209. The highest BCUT2D eigenvalue weighted by atomic mass is 32.2. The monoisotopic (exact) mass is 343 g/mol. The maximum atomic E-state index is 12.3. The first-order chi connectivity index (χ1) is 10.6. The first-order valence-corrected chi connectivity index (χ1v) is 10.1. The fourth-order valence-electron chi connectivity index (χ4n) is 3.05. The minimum Gasteiger partial charge on any atom is -0.403 e. The number of nitrogens with zero attached hydrogens (tertiary/aromatic N) is 1. The third kappa shape index (κ3) is 4.19. The van der Waals surface area contributed by atoms with Gasteiger partial charge in [-0.05, 0) is 59.2 Å². The molecule has 2 aliphatic heterocycles. The van der Waals surface area contributed by atoms with Gasteiger partial charge in [0.1, 0.15) is 0 Å². The zero-order valence-corrected chi connectivity index (χ0v) is 15.7. The second kappa shape index (κ2) is 6.86. The maximum absolute atomic E-state index is 12.3. The molecule has 7 heteroatoms. The zero-order chi connectivity index (χ0) is 17.3. The molecule has 0 saturated carbocycles. The van der Waals surface area contributed by atoms with Gasteiger partial charge in [-0.3, -0.25) is 0 Å². The van der Waals surface area contributed by atoms with Crippen LogP contribution in [0.2, 0.25) is 5.82 Å². The second-order valence-electron chi connectivity index (χ2n) is 7.61. The van der Waals surface area contributed by atoms with E-state index < -0.39 is 10.0 Å². The molecule has 23 heavy (non-hydrogen) atoms. The predicted molar refractivity (Wildman–Crippen MR) is 93.9 cm³/mol. The van der Waals surface area contributed by atoms with E-state index in [-0.39, 0.29) is 29.9 Å². The number of unbranched alkanes of at least 4 members (excludes halogenated alkanes) is 1. The molecule has 0 amide bonds. The number of rotatable bonds is 6. The van der Waals surface area contributed by atoms with Crippen LogP contribution < -0.4 is 0 Å². The van der Waals surface area contributed by atoms with Gasteiger partial charge in [0.25, 0.3) is 0 Å². The van der Waals surface area contributed by atoms with Crippen LogP contribution in [0.15, 0.2) is 12.7 Å². The Kier molecular flexibility index (Phi) is 5.66. The molecule has 0 aromatic carbocycles. The highest BCUT2D eigenvalue weighted by molar-refractivity contribution is 7.89. The lowest BCUT2D eigenvalue weighted by molar-refractivity contribution is 0.00578. The normalized spacial score (nSPS) is 25.7. The van der Waals surface area contributed by atoms with Crippen LogP contribution in [0.1, 0.15) is 53.4 Å². The predicted octanol–water partition coefficient (Wildman–Crippen LogP) is 2.84. The van der Waals surface area contributed by atoms with Crippen molar-refractivity contribution in [1.29, 1.82) is 0 Å². The molecule has 0 aromatic heterocycles. The van der Waals surface area contributed by atoms with E-state index in [4.69, 9.17) is 9.31 Å². The topological polar surface area (TPSA) is 55.8 Å². The summed E-state index contributed by atoms with van der Waals surface area (Å²) in [5.41, 5.74) is -0.656. The van der Waals surface area contributed by atoms with Crippen molar-refractivity contribution in [3.05, 3.63) is 12.7 Å². The summed E-state index contributed by atoms with van der Waals surface area (Å²) in [5, 5.41) is 0. The molecule has 0 spiro atoms. The molecule has 5 nitrogen and oxygen atoms in total. The van der Waals surface area contributed by atoms with Crippen LogP contribution in [-0.2, 0) is 19.3 Å². The van der Waals surface area contributed by atoms with Crippen LogP contribution >= 0.6 is 0 Å². The van der Waals surface area contributed by atoms with Crippen molar-refractivity contribution >= 4 is 17.1 Å². The Labute approximate surface area is 141 Å². The number of piperidine rings is 1. The summed E-state index contributed by atoms with van der Waals surface area (Å²) in [6.45, 7) is 12.9. The van der Waals surface area contributed by atoms with Crippen molar-refractivity contribution in [2.45, 2.75) is 70.4 Å². The lowest BCUT2D eigenvalue weighted by Gasteiger charge is -2.32. The minimum atomic E-state index is -3.14. The molecule has 2 heterocycles. The Bertz CT molecular complexity index is 508. The van der Waals surface area contributed by atoms with Gasteiger partial charge in [-0.2, -0.15) is 0 Å². The smallest absolute Gasteiger partial charge is 0.403 e. The lowest BCUT2D eigenvalue weighted by Crippen LogP contribution is -2.42. The molecule has 0 aromatic rings. The third-order valence-electron chi connectivity index (χ3n) is 5.36. The number of hydrogen-bond acceptors (Lipinski definition) is 4. The highest BCUT2D eigenvalue weighted by Gasteiger charge is 2.54. The molecule has 0 atom stereocenters. The molecule has 132 valence electrons. The van der Waals surface area contributed by atoms with Gasteiger partial charge in [0.2, 0.25) is 10.0 Å². The van der Waals surface area contributed by atoms with Gasteiger partial charge >= 0.3 is 7.12 Å². The third-order valence-corrected chi connectivity index (χ3v) is 7.32. The number of hydrogen-bond donors (Lipinski definition) is 0. The van der Waals surface area contributed by atoms with Gasteiger partial charge in [-0.15, -0.1) is 6.58 Å². The molecular formula is C16H30BNO4S. The summed E-state index contributed by atoms with van der Waals surface area (Å²) in [7, 11) is -3.38. The molecule has 2 aliphatic rings. The average molecular weight is 343 g/mol. The summed E-state index contributed by atoms with van der Waals surface area (Å²) in [4.78, 5) is 0. The van der Waals surface area contributed by atoms with Crippen molar-refractivity contribution in [2.24, 2.45) is 0 Å². The van der Waals surface area contributed by atoms with Gasteiger partial charge < -0.3 is 9.31 Å². The van der Waals surface area contributed by atoms with E-state index in [0.29, 0.717) is 19.5 Å². The van der Waals surface area contributed by atoms with E-state index in [2.05, 4.69) is 6.58 Å². The fourth-order valence-corrected chi connectivity index (χ4v) is 4.60. The molecule has 0 radical (unpaired) electrons. The fraction of sp³-hybridized carbons (Fsp3) is 0.875. The Balaban J connectivity index is 1.88. The van der Waals surface area contributed by atoms with Crippen LogP contribution in [0.25, 0.3) is 0 Å². The van der Waals surface area contributed by atoms with E-state index >= 15 is 0 Å². The van der Waals surface area contributed by atoms with Crippen LogP contribution in [0, 0.1) is 0 Å². The van der Waals surface area contributed by atoms with Gasteiger partial charge in [0.05, 0.1) is 17.0 Å². The van der Waals surface area contributed by atoms with Crippen LogP contribution in [0.4, 0.5) is 0 Å². The first kappa shape index (κ1) is 19.0. The molecule has 2 saturated heterocycles. The molecule has 0 aliphatic carbocycles.